The summed E-state index contributed by atoms with van der Waals surface area (Å²) in [6.45, 7) is 2.25. The molecule has 0 atom stereocenters. The van der Waals surface area contributed by atoms with Crippen LogP contribution in [0.5, 0.6) is 0 Å². The van der Waals surface area contributed by atoms with Crippen molar-refractivity contribution in [1.82, 2.24) is 9.80 Å². The molecule has 1 aliphatic heterocycles. The third-order valence-electron chi connectivity index (χ3n) is 4.77. The van der Waals surface area contributed by atoms with Gasteiger partial charge in [0, 0.05) is 38.5 Å². The van der Waals surface area contributed by atoms with Gasteiger partial charge in [-0.2, -0.15) is 0 Å². The fraction of sp³-hybridized carbons (Fsp3) is 0.333. The van der Waals surface area contributed by atoms with E-state index >= 15 is 0 Å². The van der Waals surface area contributed by atoms with Gasteiger partial charge in [0.15, 0.2) is 0 Å². The third-order valence-corrected chi connectivity index (χ3v) is 4.95. The Morgan fingerprint density at radius 2 is 1.27 bits per heavy atom. The zero-order valence-corrected chi connectivity index (χ0v) is 15.4. The maximum atomic E-state index is 13.3. The van der Waals surface area contributed by atoms with E-state index in [1.54, 1.807) is 4.90 Å². The lowest BCUT2D eigenvalue weighted by atomic mass is 9.90. The van der Waals surface area contributed by atoms with E-state index in [1.807, 2.05) is 65.6 Å². The van der Waals surface area contributed by atoms with Crippen molar-refractivity contribution in [3.63, 3.8) is 0 Å². The van der Waals surface area contributed by atoms with Crippen molar-refractivity contribution in [1.29, 1.82) is 0 Å². The molecule has 136 valence electrons. The van der Waals surface area contributed by atoms with Gasteiger partial charge in [-0.1, -0.05) is 60.7 Å². The number of hydrogen-bond acceptors (Lipinski definition) is 2. The second kappa shape index (κ2) is 8.86. The van der Waals surface area contributed by atoms with E-state index in [4.69, 9.17) is 11.6 Å². The summed E-state index contributed by atoms with van der Waals surface area (Å²) in [5.74, 6) is 0.173. The van der Waals surface area contributed by atoms with Gasteiger partial charge in [-0.3, -0.25) is 9.59 Å². The first-order valence-corrected chi connectivity index (χ1v) is 9.46. The van der Waals surface area contributed by atoms with E-state index in [2.05, 4.69) is 0 Å². The maximum absolute atomic E-state index is 13.3. The van der Waals surface area contributed by atoms with Crippen molar-refractivity contribution in [3.8, 4) is 0 Å². The molecule has 0 radical (unpaired) electrons. The molecule has 0 unspecified atom stereocenters. The van der Waals surface area contributed by atoms with Gasteiger partial charge < -0.3 is 9.80 Å². The fourth-order valence-electron chi connectivity index (χ4n) is 3.37. The lowest BCUT2D eigenvalue weighted by Crippen LogP contribution is -2.51. The van der Waals surface area contributed by atoms with Gasteiger partial charge in [-0.15, -0.1) is 11.6 Å². The van der Waals surface area contributed by atoms with Gasteiger partial charge in [-0.05, 0) is 11.1 Å². The molecule has 1 aliphatic rings. The molecule has 0 N–H and O–H groups in total. The Balaban J connectivity index is 1.76. The fourth-order valence-corrected chi connectivity index (χ4v) is 3.53. The average molecular weight is 371 g/mol. The molecular formula is C21H23ClN2O2. The second-order valence-electron chi connectivity index (χ2n) is 6.40. The number of amides is 2. The molecule has 2 amide bonds. The standard InChI is InChI=1S/C21H23ClN2O2/c22-12-11-19(25)23-13-15-24(16-14-23)21(26)20(17-7-3-1-4-8-17)18-9-5-2-6-10-18/h1-10,20H,11-16H2. The van der Waals surface area contributed by atoms with Crippen LogP contribution in [0.4, 0.5) is 0 Å². The minimum absolute atomic E-state index is 0.0646. The molecule has 1 heterocycles. The third kappa shape index (κ3) is 4.25. The molecule has 3 rings (SSSR count). The molecule has 0 saturated carbocycles. The van der Waals surface area contributed by atoms with E-state index in [1.165, 1.54) is 0 Å². The Bertz CT molecular complexity index is 689. The summed E-state index contributed by atoms with van der Waals surface area (Å²) in [4.78, 5) is 29.0. The van der Waals surface area contributed by atoms with Crippen molar-refractivity contribution >= 4 is 23.4 Å². The Labute approximate surface area is 159 Å². The van der Waals surface area contributed by atoms with Crippen molar-refractivity contribution < 1.29 is 9.59 Å². The van der Waals surface area contributed by atoms with E-state index < -0.39 is 0 Å². The largest absolute Gasteiger partial charge is 0.339 e. The van der Waals surface area contributed by atoms with Crippen molar-refractivity contribution in [2.45, 2.75) is 12.3 Å². The van der Waals surface area contributed by atoms with Crippen LogP contribution in [0.15, 0.2) is 60.7 Å². The van der Waals surface area contributed by atoms with Gasteiger partial charge in [0.25, 0.3) is 0 Å². The molecule has 0 aromatic heterocycles. The van der Waals surface area contributed by atoms with E-state index in [0.29, 0.717) is 38.5 Å². The maximum Gasteiger partial charge on any atom is 0.234 e. The topological polar surface area (TPSA) is 40.6 Å². The van der Waals surface area contributed by atoms with Gasteiger partial charge in [0.2, 0.25) is 11.8 Å². The van der Waals surface area contributed by atoms with Crippen molar-refractivity contribution in [2.75, 3.05) is 32.1 Å². The van der Waals surface area contributed by atoms with Crippen LogP contribution in [0, 0.1) is 0 Å². The first-order chi connectivity index (χ1) is 12.7. The summed E-state index contributed by atoms with van der Waals surface area (Å²) in [5.41, 5.74) is 1.98. The monoisotopic (exact) mass is 370 g/mol. The smallest absolute Gasteiger partial charge is 0.234 e. The van der Waals surface area contributed by atoms with Gasteiger partial charge in [0.1, 0.15) is 0 Å². The first kappa shape index (κ1) is 18.5. The zero-order chi connectivity index (χ0) is 18.4. The normalized spacial score (nSPS) is 14.5. The Morgan fingerprint density at radius 1 is 0.808 bits per heavy atom. The summed E-state index contributed by atoms with van der Waals surface area (Å²) < 4.78 is 0. The highest BCUT2D eigenvalue weighted by Gasteiger charge is 2.30. The molecule has 1 saturated heterocycles. The second-order valence-corrected chi connectivity index (χ2v) is 6.78. The van der Waals surface area contributed by atoms with Crippen LogP contribution in [0.3, 0.4) is 0 Å². The summed E-state index contributed by atoms with van der Waals surface area (Å²) >= 11 is 5.66. The molecule has 2 aromatic rings. The van der Waals surface area contributed by atoms with Crippen molar-refractivity contribution in [2.24, 2.45) is 0 Å². The summed E-state index contributed by atoms with van der Waals surface area (Å²) in [7, 11) is 0. The lowest BCUT2D eigenvalue weighted by molar-refractivity contribution is -0.139. The predicted molar refractivity (Wildman–Crippen MR) is 103 cm³/mol. The quantitative estimate of drug-likeness (QED) is 0.759. The molecule has 5 heteroatoms. The lowest BCUT2D eigenvalue weighted by Gasteiger charge is -2.36. The van der Waals surface area contributed by atoms with Crippen LogP contribution in [0.25, 0.3) is 0 Å². The van der Waals surface area contributed by atoms with Crippen LogP contribution >= 0.6 is 11.6 Å². The molecule has 4 nitrogen and oxygen atoms in total. The molecule has 26 heavy (non-hydrogen) atoms. The van der Waals surface area contributed by atoms with Gasteiger partial charge in [-0.25, -0.2) is 0 Å². The first-order valence-electron chi connectivity index (χ1n) is 8.93. The van der Waals surface area contributed by atoms with Crippen LogP contribution in [0.2, 0.25) is 0 Å². The Morgan fingerprint density at radius 3 is 1.73 bits per heavy atom. The summed E-state index contributed by atoms with van der Waals surface area (Å²) in [5, 5.41) is 0. The van der Waals surface area contributed by atoms with E-state index in [0.717, 1.165) is 11.1 Å². The van der Waals surface area contributed by atoms with Gasteiger partial charge in [0.05, 0.1) is 5.92 Å². The van der Waals surface area contributed by atoms with E-state index in [9.17, 15) is 9.59 Å². The predicted octanol–water partition coefficient (Wildman–Crippen LogP) is 3.12. The number of benzene rings is 2. The number of carbonyl (C=O) groups excluding carboxylic acids is 2. The Kier molecular flexibility index (Phi) is 6.29. The number of halogens is 1. The number of piperazine rings is 1. The highest BCUT2D eigenvalue weighted by Crippen LogP contribution is 2.27. The van der Waals surface area contributed by atoms with Crippen LogP contribution < -0.4 is 0 Å². The zero-order valence-electron chi connectivity index (χ0n) is 14.7. The Hall–Kier alpha value is -2.33. The molecule has 0 spiro atoms. The number of rotatable bonds is 5. The van der Waals surface area contributed by atoms with Crippen molar-refractivity contribution in [3.05, 3.63) is 71.8 Å². The van der Waals surface area contributed by atoms with E-state index in [-0.39, 0.29) is 17.7 Å². The minimum Gasteiger partial charge on any atom is -0.339 e. The molecule has 2 aromatic carbocycles. The van der Waals surface area contributed by atoms with Gasteiger partial charge >= 0.3 is 0 Å². The summed E-state index contributed by atoms with van der Waals surface area (Å²) in [6, 6.07) is 19.7. The highest BCUT2D eigenvalue weighted by molar-refractivity contribution is 6.18. The number of carbonyl (C=O) groups is 2. The van der Waals surface area contributed by atoms with Crippen LogP contribution in [-0.2, 0) is 9.59 Å². The molecule has 0 aliphatic carbocycles. The minimum atomic E-state index is -0.317. The molecule has 0 bridgehead atoms. The number of alkyl halides is 1. The molecular weight excluding hydrogens is 348 g/mol. The number of nitrogens with zero attached hydrogens (tertiary/aromatic N) is 2. The van der Waals surface area contributed by atoms with Crippen LogP contribution in [0.1, 0.15) is 23.5 Å². The summed E-state index contributed by atoms with van der Waals surface area (Å²) in [6.07, 6.45) is 0.353. The number of hydrogen-bond donors (Lipinski definition) is 0. The van der Waals surface area contributed by atoms with Crippen LogP contribution in [-0.4, -0.2) is 53.7 Å². The average Bonchev–Trinajstić information content (AvgIpc) is 2.70. The SMILES string of the molecule is O=C(CCCl)N1CCN(C(=O)C(c2ccccc2)c2ccccc2)CC1. The highest BCUT2D eigenvalue weighted by atomic mass is 35.5. The molecule has 1 fully saturated rings.